The van der Waals surface area contributed by atoms with Gasteiger partial charge >= 0.3 is 6.03 Å². The zero-order valence-corrected chi connectivity index (χ0v) is 15.8. The Balaban J connectivity index is 1.49. The van der Waals surface area contributed by atoms with Gasteiger partial charge in [-0.2, -0.15) is 0 Å². The van der Waals surface area contributed by atoms with Crippen LogP contribution in [0.15, 0.2) is 12.1 Å². The van der Waals surface area contributed by atoms with Crippen LogP contribution in [0, 0.1) is 11.8 Å². The van der Waals surface area contributed by atoms with Crippen LogP contribution in [-0.4, -0.2) is 28.3 Å². The highest BCUT2D eigenvalue weighted by atomic mass is 35.5. The first-order valence-electron chi connectivity index (χ1n) is 8.69. The number of carbonyl (C=O) groups excluding carboxylic acids is 3. The molecule has 0 spiro atoms. The molecular weight excluding hydrogens is 377 g/mol. The minimum absolute atomic E-state index is 0.0394. The SMILES string of the molecule is C[C@@H](C[C@@]1(C2CC2)NC(=O)NC1=O)C(=O)N1Cc2cc(Cl)c(Cl)cc2C1. The highest BCUT2D eigenvalue weighted by Gasteiger charge is 2.56. The van der Waals surface area contributed by atoms with Crippen molar-refractivity contribution in [2.45, 2.75) is 44.8 Å². The van der Waals surface area contributed by atoms with Gasteiger partial charge < -0.3 is 10.2 Å². The molecule has 3 aliphatic rings. The molecule has 6 nitrogen and oxygen atoms in total. The fraction of sp³-hybridized carbons (Fsp3) is 0.500. The van der Waals surface area contributed by atoms with E-state index in [-0.39, 0.29) is 23.7 Å². The topological polar surface area (TPSA) is 78.5 Å². The molecule has 0 aromatic heterocycles. The van der Waals surface area contributed by atoms with Crippen molar-refractivity contribution in [1.82, 2.24) is 15.5 Å². The maximum Gasteiger partial charge on any atom is 0.322 e. The molecule has 4 amide bonds. The van der Waals surface area contributed by atoms with Crippen LogP contribution in [0.25, 0.3) is 0 Å². The average Bonchev–Trinajstić information content (AvgIpc) is 3.29. The average molecular weight is 396 g/mol. The van der Waals surface area contributed by atoms with E-state index >= 15 is 0 Å². The molecule has 26 heavy (non-hydrogen) atoms. The Morgan fingerprint density at radius 2 is 1.81 bits per heavy atom. The fourth-order valence-corrected chi connectivity index (χ4v) is 4.48. The molecule has 0 bridgehead atoms. The van der Waals surface area contributed by atoms with E-state index in [9.17, 15) is 14.4 Å². The van der Waals surface area contributed by atoms with E-state index in [4.69, 9.17) is 23.2 Å². The molecule has 1 saturated heterocycles. The summed E-state index contributed by atoms with van der Waals surface area (Å²) in [5, 5.41) is 6.06. The van der Waals surface area contributed by atoms with Crippen molar-refractivity contribution in [2.24, 2.45) is 11.8 Å². The maximum atomic E-state index is 13.0. The first-order valence-corrected chi connectivity index (χ1v) is 9.45. The molecule has 2 heterocycles. The van der Waals surface area contributed by atoms with Gasteiger partial charge in [-0.3, -0.25) is 14.9 Å². The zero-order valence-electron chi connectivity index (χ0n) is 14.3. The molecule has 2 aliphatic heterocycles. The van der Waals surface area contributed by atoms with Crippen LogP contribution in [0.5, 0.6) is 0 Å². The van der Waals surface area contributed by atoms with E-state index in [2.05, 4.69) is 10.6 Å². The molecule has 1 saturated carbocycles. The largest absolute Gasteiger partial charge is 0.334 e. The van der Waals surface area contributed by atoms with Crippen molar-refractivity contribution in [2.75, 3.05) is 0 Å². The van der Waals surface area contributed by atoms with Crippen molar-refractivity contribution in [3.63, 3.8) is 0 Å². The number of rotatable bonds is 4. The molecule has 2 N–H and O–H groups in total. The second-order valence-corrected chi connectivity index (χ2v) is 8.30. The van der Waals surface area contributed by atoms with E-state index < -0.39 is 11.6 Å². The predicted octanol–water partition coefficient (Wildman–Crippen LogP) is 2.85. The first-order chi connectivity index (χ1) is 12.3. The second-order valence-electron chi connectivity index (χ2n) is 7.49. The number of nitrogens with zero attached hydrogens (tertiary/aromatic N) is 1. The summed E-state index contributed by atoms with van der Waals surface area (Å²) in [6, 6.07) is 3.13. The number of amides is 4. The van der Waals surface area contributed by atoms with E-state index in [0.717, 1.165) is 24.0 Å². The number of benzene rings is 1. The standard InChI is InChI=1S/C18H19Cl2N3O3/c1-9(6-18(12-2-3-12)16(25)21-17(26)22-18)15(24)23-7-10-4-13(19)14(20)5-11(10)8-23/h4-5,9,12H,2-3,6-8H2,1H3,(H2,21,22,25,26)/t9-,18-/m0/s1. The molecule has 2 fully saturated rings. The molecule has 1 aliphatic carbocycles. The summed E-state index contributed by atoms with van der Waals surface area (Å²) in [4.78, 5) is 38.7. The van der Waals surface area contributed by atoms with E-state index in [0.29, 0.717) is 29.6 Å². The lowest BCUT2D eigenvalue weighted by Gasteiger charge is -2.30. The number of urea groups is 1. The van der Waals surface area contributed by atoms with Gasteiger partial charge in [0, 0.05) is 19.0 Å². The van der Waals surface area contributed by atoms with Crippen LogP contribution in [0.2, 0.25) is 10.0 Å². The Labute approximate surface area is 161 Å². The third kappa shape index (κ3) is 2.85. The number of hydrogen-bond donors (Lipinski definition) is 2. The summed E-state index contributed by atoms with van der Waals surface area (Å²) in [6.07, 6.45) is 2.09. The van der Waals surface area contributed by atoms with Gasteiger partial charge in [-0.05, 0) is 48.4 Å². The van der Waals surface area contributed by atoms with Crippen molar-refractivity contribution >= 4 is 41.0 Å². The molecule has 1 aromatic carbocycles. The van der Waals surface area contributed by atoms with Gasteiger partial charge in [0.05, 0.1) is 10.0 Å². The molecule has 4 rings (SSSR count). The number of fused-ring (bicyclic) bond motifs is 1. The van der Waals surface area contributed by atoms with Crippen molar-refractivity contribution < 1.29 is 14.4 Å². The highest BCUT2D eigenvalue weighted by Crippen LogP contribution is 2.45. The van der Waals surface area contributed by atoms with Gasteiger partial charge in [0.1, 0.15) is 5.54 Å². The Hall–Kier alpha value is -1.79. The number of halogens is 2. The number of nitrogens with one attached hydrogen (secondary N) is 2. The quantitative estimate of drug-likeness (QED) is 0.769. The lowest BCUT2D eigenvalue weighted by atomic mass is 9.83. The summed E-state index contributed by atoms with van der Waals surface area (Å²) in [5.74, 6) is -0.632. The van der Waals surface area contributed by atoms with Gasteiger partial charge in [-0.25, -0.2) is 4.79 Å². The van der Waals surface area contributed by atoms with Crippen molar-refractivity contribution in [3.8, 4) is 0 Å². The second kappa shape index (κ2) is 6.13. The third-order valence-electron chi connectivity index (χ3n) is 5.57. The monoisotopic (exact) mass is 395 g/mol. The molecule has 138 valence electrons. The van der Waals surface area contributed by atoms with Gasteiger partial charge in [0.2, 0.25) is 5.91 Å². The summed E-state index contributed by atoms with van der Waals surface area (Å²) in [5.41, 5.74) is 1.03. The Kier molecular flexibility index (Phi) is 4.15. The first kappa shape index (κ1) is 17.6. The van der Waals surface area contributed by atoms with Crippen LogP contribution < -0.4 is 10.6 Å². The van der Waals surface area contributed by atoms with E-state index in [1.807, 2.05) is 6.92 Å². The molecule has 2 atom stereocenters. The molecule has 0 radical (unpaired) electrons. The van der Waals surface area contributed by atoms with Crippen LogP contribution in [0.4, 0.5) is 4.79 Å². The van der Waals surface area contributed by atoms with Crippen LogP contribution in [0.3, 0.4) is 0 Å². The van der Waals surface area contributed by atoms with E-state index in [1.54, 1.807) is 17.0 Å². The van der Waals surface area contributed by atoms with Crippen LogP contribution in [-0.2, 0) is 22.7 Å². The highest BCUT2D eigenvalue weighted by molar-refractivity contribution is 6.42. The Morgan fingerprint density at radius 1 is 1.23 bits per heavy atom. The summed E-state index contributed by atoms with van der Waals surface area (Å²) in [7, 11) is 0. The third-order valence-corrected chi connectivity index (χ3v) is 6.29. The molecule has 0 unspecified atom stereocenters. The summed E-state index contributed by atoms with van der Waals surface area (Å²) in [6.45, 7) is 2.77. The Morgan fingerprint density at radius 3 is 2.27 bits per heavy atom. The molecular formula is C18H19Cl2N3O3. The van der Waals surface area contributed by atoms with E-state index in [1.165, 1.54) is 0 Å². The van der Waals surface area contributed by atoms with Gasteiger partial charge in [-0.1, -0.05) is 30.1 Å². The summed E-state index contributed by atoms with van der Waals surface area (Å²) < 4.78 is 0. The molecule has 8 heteroatoms. The lowest BCUT2D eigenvalue weighted by molar-refractivity contribution is -0.137. The Bertz CT molecular complexity index is 793. The van der Waals surface area contributed by atoms with Crippen molar-refractivity contribution in [3.05, 3.63) is 33.3 Å². The smallest absolute Gasteiger partial charge is 0.322 e. The van der Waals surface area contributed by atoms with Crippen LogP contribution >= 0.6 is 23.2 Å². The number of imide groups is 1. The zero-order chi connectivity index (χ0) is 18.6. The molecule has 1 aromatic rings. The summed E-state index contributed by atoms with van der Waals surface area (Å²) >= 11 is 12.1. The van der Waals surface area contributed by atoms with Gasteiger partial charge in [0.15, 0.2) is 0 Å². The fourth-order valence-electron chi connectivity index (χ4n) is 4.11. The van der Waals surface area contributed by atoms with Crippen molar-refractivity contribution in [1.29, 1.82) is 0 Å². The minimum atomic E-state index is -0.953. The number of carbonyl (C=O) groups is 3. The maximum absolute atomic E-state index is 13.0. The minimum Gasteiger partial charge on any atom is -0.334 e. The van der Waals surface area contributed by atoms with Crippen LogP contribution in [0.1, 0.15) is 37.3 Å². The van der Waals surface area contributed by atoms with Gasteiger partial charge in [-0.15, -0.1) is 0 Å². The predicted molar refractivity (Wildman–Crippen MR) is 96.6 cm³/mol. The van der Waals surface area contributed by atoms with Gasteiger partial charge in [0.25, 0.3) is 5.91 Å². The lowest BCUT2D eigenvalue weighted by Crippen LogP contribution is -2.51. The number of hydrogen-bond acceptors (Lipinski definition) is 3. The normalized spacial score (nSPS) is 25.7.